The Labute approximate surface area is 116 Å². The molecule has 1 N–H and O–H groups in total. The first-order valence-corrected chi connectivity index (χ1v) is 6.64. The number of aryl methyl sites for hydroxylation is 1. The maximum atomic E-state index is 12.1. The lowest BCUT2D eigenvalue weighted by molar-refractivity contribution is 0.0950. The number of amides is 1. The molecule has 1 fully saturated rings. The molecule has 0 spiro atoms. The van der Waals surface area contributed by atoms with Crippen LogP contribution in [0.4, 0.5) is 0 Å². The lowest BCUT2D eigenvalue weighted by Gasteiger charge is -2.07. The Balaban J connectivity index is 1.92. The predicted molar refractivity (Wildman–Crippen MR) is 74.8 cm³/mol. The molecule has 3 rings (SSSR count). The molecular weight excluding hydrogens is 254 g/mol. The molecule has 2 aromatic rings. The second-order valence-corrected chi connectivity index (χ2v) is 5.10. The van der Waals surface area contributed by atoms with E-state index in [4.69, 9.17) is 4.42 Å². The fourth-order valence-electron chi connectivity index (χ4n) is 2.09. The number of hydrogen-bond donors (Lipinski definition) is 1. The molecule has 0 radical (unpaired) electrons. The lowest BCUT2D eigenvalue weighted by atomic mass is 10.0. The molecule has 1 amide bonds. The van der Waals surface area contributed by atoms with E-state index in [1.165, 1.54) is 0 Å². The molecule has 4 nitrogen and oxygen atoms in total. The molecule has 0 atom stereocenters. The van der Waals surface area contributed by atoms with Gasteiger partial charge in [0, 0.05) is 17.2 Å². The summed E-state index contributed by atoms with van der Waals surface area (Å²) in [5.41, 5.74) is 2.45. The van der Waals surface area contributed by atoms with Crippen molar-refractivity contribution in [1.29, 1.82) is 0 Å². The van der Waals surface area contributed by atoms with Gasteiger partial charge in [-0.2, -0.15) is 0 Å². The maximum absolute atomic E-state index is 12.1. The zero-order valence-corrected chi connectivity index (χ0v) is 11.2. The van der Waals surface area contributed by atoms with Crippen LogP contribution in [0.5, 0.6) is 0 Å². The van der Waals surface area contributed by atoms with Crippen molar-refractivity contribution in [2.45, 2.75) is 25.8 Å². The SMILES string of the molecule is Cc1ccc(C(=O)NC2CC2)cc1-c1ccc(C=O)o1. The Kier molecular flexibility index (Phi) is 3.14. The molecule has 1 aromatic heterocycles. The van der Waals surface area contributed by atoms with Gasteiger partial charge in [-0.05, 0) is 49.6 Å². The Morgan fingerprint density at radius 3 is 2.75 bits per heavy atom. The van der Waals surface area contributed by atoms with Crippen molar-refractivity contribution in [3.05, 3.63) is 47.2 Å². The minimum Gasteiger partial charge on any atom is -0.453 e. The number of hydrogen-bond acceptors (Lipinski definition) is 3. The van der Waals surface area contributed by atoms with Gasteiger partial charge in [0.15, 0.2) is 12.0 Å². The topological polar surface area (TPSA) is 59.3 Å². The molecule has 1 saturated carbocycles. The average Bonchev–Trinajstić information content (AvgIpc) is 3.13. The highest BCUT2D eigenvalue weighted by Gasteiger charge is 2.24. The van der Waals surface area contributed by atoms with Gasteiger partial charge in [0.05, 0.1) is 0 Å². The zero-order chi connectivity index (χ0) is 14.1. The summed E-state index contributed by atoms with van der Waals surface area (Å²) in [5, 5.41) is 2.96. The van der Waals surface area contributed by atoms with Gasteiger partial charge in [-0.3, -0.25) is 9.59 Å². The van der Waals surface area contributed by atoms with E-state index < -0.39 is 0 Å². The molecule has 0 aliphatic heterocycles. The maximum Gasteiger partial charge on any atom is 0.251 e. The Bertz CT molecular complexity index is 668. The van der Waals surface area contributed by atoms with Crippen LogP contribution in [0.2, 0.25) is 0 Å². The third-order valence-corrected chi connectivity index (χ3v) is 3.42. The van der Waals surface area contributed by atoms with E-state index in [9.17, 15) is 9.59 Å². The van der Waals surface area contributed by atoms with Crippen LogP contribution >= 0.6 is 0 Å². The number of benzene rings is 1. The highest BCUT2D eigenvalue weighted by molar-refractivity contribution is 5.96. The van der Waals surface area contributed by atoms with Gasteiger partial charge < -0.3 is 9.73 Å². The van der Waals surface area contributed by atoms with Gasteiger partial charge in [-0.25, -0.2) is 0 Å². The fraction of sp³-hybridized carbons (Fsp3) is 0.250. The number of carbonyl (C=O) groups is 2. The van der Waals surface area contributed by atoms with Crippen molar-refractivity contribution in [1.82, 2.24) is 5.32 Å². The van der Waals surface area contributed by atoms with Crippen LogP contribution in [0.3, 0.4) is 0 Å². The van der Waals surface area contributed by atoms with Crippen molar-refractivity contribution < 1.29 is 14.0 Å². The van der Waals surface area contributed by atoms with E-state index in [0.29, 0.717) is 23.7 Å². The summed E-state index contributed by atoms with van der Waals surface area (Å²) in [4.78, 5) is 22.7. The summed E-state index contributed by atoms with van der Waals surface area (Å²) in [6.07, 6.45) is 2.79. The molecule has 0 unspecified atom stereocenters. The van der Waals surface area contributed by atoms with Gasteiger partial charge in [0.25, 0.3) is 5.91 Å². The fourth-order valence-corrected chi connectivity index (χ4v) is 2.09. The van der Waals surface area contributed by atoms with Gasteiger partial charge >= 0.3 is 0 Å². The van der Waals surface area contributed by atoms with Crippen LogP contribution in [-0.4, -0.2) is 18.2 Å². The third-order valence-electron chi connectivity index (χ3n) is 3.42. The minimum atomic E-state index is -0.0593. The first-order chi connectivity index (χ1) is 9.67. The van der Waals surface area contributed by atoms with E-state index in [2.05, 4.69) is 5.32 Å². The lowest BCUT2D eigenvalue weighted by Crippen LogP contribution is -2.25. The summed E-state index contributed by atoms with van der Waals surface area (Å²) >= 11 is 0. The van der Waals surface area contributed by atoms with E-state index in [-0.39, 0.29) is 11.7 Å². The number of nitrogens with one attached hydrogen (secondary N) is 1. The number of carbonyl (C=O) groups excluding carboxylic acids is 2. The van der Waals surface area contributed by atoms with Crippen molar-refractivity contribution in [3.8, 4) is 11.3 Å². The highest BCUT2D eigenvalue weighted by Crippen LogP contribution is 2.27. The monoisotopic (exact) mass is 269 g/mol. The molecule has 1 aliphatic carbocycles. The van der Waals surface area contributed by atoms with E-state index in [1.807, 2.05) is 13.0 Å². The van der Waals surface area contributed by atoms with Crippen LogP contribution < -0.4 is 5.32 Å². The second-order valence-electron chi connectivity index (χ2n) is 5.10. The Morgan fingerprint density at radius 2 is 2.10 bits per heavy atom. The summed E-state index contributed by atoms with van der Waals surface area (Å²) in [5.74, 6) is 0.828. The first kappa shape index (κ1) is 12.7. The molecule has 1 aliphatic rings. The minimum absolute atomic E-state index is 0.0593. The number of aldehydes is 1. The summed E-state index contributed by atoms with van der Waals surface area (Å²) in [6.45, 7) is 1.95. The summed E-state index contributed by atoms with van der Waals surface area (Å²) in [6, 6.07) is 9.20. The second kappa shape index (κ2) is 4.96. The molecule has 102 valence electrons. The van der Waals surface area contributed by atoms with Gasteiger partial charge in [-0.1, -0.05) is 6.07 Å². The molecule has 1 aromatic carbocycles. The van der Waals surface area contributed by atoms with E-state index in [1.54, 1.807) is 24.3 Å². The van der Waals surface area contributed by atoms with Gasteiger partial charge in [-0.15, -0.1) is 0 Å². The molecule has 0 bridgehead atoms. The van der Waals surface area contributed by atoms with Crippen LogP contribution in [0.1, 0.15) is 39.3 Å². The molecule has 1 heterocycles. The number of furan rings is 1. The van der Waals surface area contributed by atoms with Crippen molar-refractivity contribution in [3.63, 3.8) is 0 Å². The van der Waals surface area contributed by atoms with Crippen LogP contribution in [0, 0.1) is 6.92 Å². The quantitative estimate of drug-likeness (QED) is 0.868. The van der Waals surface area contributed by atoms with E-state index in [0.717, 1.165) is 24.0 Å². The highest BCUT2D eigenvalue weighted by atomic mass is 16.3. The van der Waals surface area contributed by atoms with Crippen LogP contribution in [-0.2, 0) is 0 Å². The zero-order valence-electron chi connectivity index (χ0n) is 11.2. The van der Waals surface area contributed by atoms with Gasteiger partial charge in [0.1, 0.15) is 5.76 Å². The average molecular weight is 269 g/mol. The predicted octanol–water partition coefficient (Wildman–Crippen LogP) is 2.96. The molecule has 4 heteroatoms. The Hall–Kier alpha value is -2.36. The number of rotatable bonds is 4. The largest absolute Gasteiger partial charge is 0.453 e. The Morgan fingerprint density at radius 1 is 1.30 bits per heavy atom. The molecule has 20 heavy (non-hydrogen) atoms. The van der Waals surface area contributed by atoms with Crippen molar-refractivity contribution in [2.24, 2.45) is 0 Å². The van der Waals surface area contributed by atoms with Gasteiger partial charge in [0.2, 0.25) is 0 Å². The molecule has 0 saturated heterocycles. The van der Waals surface area contributed by atoms with Crippen LogP contribution in [0.25, 0.3) is 11.3 Å². The summed E-state index contributed by atoms with van der Waals surface area (Å²) in [7, 11) is 0. The standard InChI is InChI=1S/C16H15NO3/c1-10-2-3-11(16(19)17-12-4-5-12)8-14(10)15-7-6-13(9-18)20-15/h2-3,6-9,12H,4-5H2,1H3,(H,17,19). The van der Waals surface area contributed by atoms with Crippen LogP contribution in [0.15, 0.2) is 34.7 Å². The first-order valence-electron chi connectivity index (χ1n) is 6.64. The molecular formula is C16H15NO3. The summed E-state index contributed by atoms with van der Waals surface area (Å²) < 4.78 is 5.43. The van der Waals surface area contributed by atoms with E-state index >= 15 is 0 Å². The normalized spacial score (nSPS) is 14.1. The smallest absolute Gasteiger partial charge is 0.251 e. The van der Waals surface area contributed by atoms with Crippen molar-refractivity contribution in [2.75, 3.05) is 0 Å². The van der Waals surface area contributed by atoms with Crippen molar-refractivity contribution >= 4 is 12.2 Å². The third kappa shape index (κ3) is 2.50.